The highest BCUT2D eigenvalue weighted by Crippen LogP contribution is 2.28. The van der Waals surface area contributed by atoms with E-state index in [1.54, 1.807) is 44.3 Å². The molecule has 0 aliphatic rings. The van der Waals surface area contributed by atoms with E-state index in [-0.39, 0.29) is 4.90 Å². The third kappa shape index (κ3) is 3.58. The molecule has 2 aromatic heterocycles. The number of aryl methyl sites for hydroxylation is 1. The van der Waals surface area contributed by atoms with Crippen molar-refractivity contribution in [1.29, 1.82) is 0 Å². The minimum Gasteiger partial charge on any atom is -0.392 e. The van der Waals surface area contributed by atoms with Crippen molar-refractivity contribution in [2.45, 2.75) is 37.8 Å². The minimum atomic E-state index is -3.67. The summed E-state index contributed by atoms with van der Waals surface area (Å²) in [5, 5.41) is 10.5. The van der Waals surface area contributed by atoms with Crippen molar-refractivity contribution in [1.82, 2.24) is 14.7 Å². The Balaban J connectivity index is 1.94. The molecule has 1 aromatic carbocycles. The maximum atomic E-state index is 12.4. The Morgan fingerprint density at radius 3 is 2.48 bits per heavy atom. The zero-order valence-corrected chi connectivity index (χ0v) is 15.1. The van der Waals surface area contributed by atoms with Gasteiger partial charge in [0.05, 0.1) is 11.0 Å². The first-order chi connectivity index (χ1) is 11.8. The quantitative estimate of drug-likeness (QED) is 0.652. The number of pyridine rings is 1. The van der Waals surface area contributed by atoms with Gasteiger partial charge in [0.1, 0.15) is 5.65 Å². The van der Waals surface area contributed by atoms with Crippen LogP contribution in [-0.2, 0) is 10.0 Å². The second-order valence-electron chi connectivity index (χ2n) is 6.25. The van der Waals surface area contributed by atoms with Crippen LogP contribution in [0.4, 0.5) is 0 Å². The first-order valence-electron chi connectivity index (χ1n) is 8.03. The number of aromatic amines is 1. The molecule has 3 N–H and O–H groups in total. The lowest BCUT2D eigenvalue weighted by Crippen LogP contribution is -2.39. The SMILES string of the molecule is Cc1cc2c(-c3ccc(S(=O)(=O)NC(C)C(C)O)cc3)ccnc2[nH]1. The molecule has 3 aromatic rings. The number of fused-ring (bicyclic) bond motifs is 1. The predicted molar refractivity (Wildman–Crippen MR) is 97.7 cm³/mol. The van der Waals surface area contributed by atoms with Crippen LogP contribution in [-0.4, -0.2) is 35.6 Å². The number of aromatic nitrogens is 2. The monoisotopic (exact) mass is 359 g/mol. The fourth-order valence-electron chi connectivity index (χ4n) is 2.63. The maximum Gasteiger partial charge on any atom is 0.240 e. The first kappa shape index (κ1) is 17.6. The molecule has 132 valence electrons. The van der Waals surface area contributed by atoms with E-state index in [1.807, 2.05) is 19.1 Å². The van der Waals surface area contributed by atoms with Gasteiger partial charge in [-0.3, -0.25) is 0 Å². The van der Waals surface area contributed by atoms with Crippen LogP contribution in [0, 0.1) is 6.92 Å². The second-order valence-corrected chi connectivity index (χ2v) is 7.96. The molecule has 2 atom stereocenters. The van der Waals surface area contributed by atoms with Crippen LogP contribution in [0.5, 0.6) is 0 Å². The molecule has 7 heteroatoms. The molecule has 0 fully saturated rings. The number of hydrogen-bond donors (Lipinski definition) is 3. The topological polar surface area (TPSA) is 95.1 Å². The van der Waals surface area contributed by atoms with Crippen molar-refractivity contribution in [3.8, 4) is 11.1 Å². The van der Waals surface area contributed by atoms with Crippen LogP contribution in [0.2, 0.25) is 0 Å². The molecule has 25 heavy (non-hydrogen) atoms. The molecule has 0 radical (unpaired) electrons. The van der Waals surface area contributed by atoms with Gasteiger partial charge < -0.3 is 10.1 Å². The molecule has 0 bridgehead atoms. The third-order valence-corrected chi connectivity index (χ3v) is 5.78. The Hall–Kier alpha value is -2.22. The molecule has 3 rings (SSSR count). The van der Waals surface area contributed by atoms with Gasteiger partial charge in [-0.2, -0.15) is 0 Å². The van der Waals surface area contributed by atoms with Crippen molar-refractivity contribution in [2.24, 2.45) is 0 Å². The van der Waals surface area contributed by atoms with E-state index in [0.29, 0.717) is 0 Å². The van der Waals surface area contributed by atoms with E-state index in [4.69, 9.17) is 0 Å². The lowest BCUT2D eigenvalue weighted by Gasteiger charge is -2.16. The molecule has 0 amide bonds. The molecular weight excluding hydrogens is 338 g/mol. The summed E-state index contributed by atoms with van der Waals surface area (Å²) in [5.74, 6) is 0. The lowest BCUT2D eigenvalue weighted by molar-refractivity contribution is 0.163. The molecule has 0 aliphatic heterocycles. The molecule has 2 heterocycles. The summed E-state index contributed by atoms with van der Waals surface area (Å²) in [7, 11) is -3.67. The van der Waals surface area contributed by atoms with E-state index in [9.17, 15) is 13.5 Å². The van der Waals surface area contributed by atoms with E-state index in [1.165, 1.54) is 0 Å². The Morgan fingerprint density at radius 1 is 1.16 bits per heavy atom. The maximum absolute atomic E-state index is 12.4. The highest BCUT2D eigenvalue weighted by molar-refractivity contribution is 7.89. The number of H-pyrrole nitrogens is 1. The van der Waals surface area contributed by atoms with Gasteiger partial charge in [-0.05, 0) is 56.2 Å². The highest BCUT2D eigenvalue weighted by atomic mass is 32.2. The highest BCUT2D eigenvalue weighted by Gasteiger charge is 2.20. The smallest absolute Gasteiger partial charge is 0.240 e. The largest absolute Gasteiger partial charge is 0.392 e. The summed E-state index contributed by atoms with van der Waals surface area (Å²) in [4.78, 5) is 7.67. The molecule has 0 aliphatic carbocycles. The standard InChI is InChI=1S/C18H21N3O3S/c1-11-10-17-16(8-9-19-18(17)20-11)14-4-6-15(7-5-14)25(23,24)21-12(2)13(3)22/h4-10,12-13,21-22H,1-3H3,(H,19,20). The Kier molecular flexibility index (Phi) is 4.64. The van der Waals surface area contributed by atoms with Gasteiger partial charge in [0.2, 0.25) is 10.0 Å². The van der Waals surface area contributed by atoms with Crippen LogP contribution in [0.3, 0.4) is 0 Å². The van der Waals surface area contributed by atoms with Crippen molar-refractivity contribution in [3.05, 3.63) is 48.3 Å². The Bertz CT molecular complexity index is 992. The average Bonchev–Trinajstić information content (AvgIpc) is 2.94. The number of nitrogens with one attached hydrogen (secondary N) is 2. The number of rotatable bonds is 5. The second kappa shape index (κ2) is 6.59. The summed E-state index contributed by atoms with van der Waals surface area (Å²) in [6.07, 6.45) is 0.959. The van der Waals surface area contributed by atoms with E-state index < -0.39 is 22.2 Å². The van der Waals surface area contributed by atoms with Gasteiger partial charge in [-0.1, -0.05) is 12.1 Å². The normalized spacial score (nSPS) is 14.6. The fourth-order valence-corrected chi connectivity index (χ4v) is 3.95. The number of hydrogen-bond acceptors (Lipinski definition) is 4. The Labute approximate surface area is 147 Å². The number of sulfonamides is 1. The molecule has 6 nitrogen and oxygen atoms in total. The average molecular weight is 359 g/mol. The van der Waals surface area contributed by atoms with Gasteiger partial charge in [0.25, 0.3) is 0 Å². The van der Waals surface area contributed by atoms with Crippen molar-refractivity contribution < 1.29 is 13.5 Å². The van der Waals surface area contributed by atoms with Gasteiger partial charge in [0.15, 0.2) is 0 Å². The van der Waals surface area contributed by atoms with E-state index >= 15 is 0 Å². The molecular formula is C18H21N3O3S. The lowest BCUT2D eigenvalue weighted by atomic mass is 10.0. The van der Waals surface area contributed by atoms with Gasteiger partial charge in [-0.15, -0.1) is 0 Å². The number of benzene rings is 1. The van der Waals surface area contributed by atoms with Crippen LogP contribution >= 0.6 is 0 Å². The zero-order valence-electron chi connectivity index (χ0n) is 14.3. The Morgan fingerprint density at radius 2 is 1.84 bits per heavy atom. The number of aliphatic hydroxyl groups excluding tert-OH is 1. The van der Waals surface area contributed by atoms with Crippen molar-refractivity contribution >= 4 is 21.1 Å². The van der Waals surface area contributed by atoms with Gasteiger partial charge in [0, 0.05) is 23.3 Å². The summed E-state index contributed by atoms with van der Waals surface area (Å²) >= 11 is 0. The van der Waals surface area contributed by atoms with Crippen LogP contribution in [0.25, 0.3) is 22.2 Å². The van der Waals surface area contributed by atoms with Gasteiger partial charge >= 0.3 is 0 Å². The zero-order chi connectivity index (χ0) is 18.2. The minimum absolute atomic E-state index is 0.166. The van der Waals surface area contributed by atoms with Crippen molar-refractivity contribution in [2.75, 3.05) is 0 Å². The van der Waals surface area contributed by atoms with Crippen molar-refractivity contribution in [3.63, 3.8) is 0 Å². The molecule has 0 saturated heterocycles. The molecule has 2 unspecified atom stereocenters. The molecule has 0 saturated carbocycles. The van der Waals surface area contributed by atoms with Crippen LogP contribution in [0.15, 0.2) is 47.5 Å². The fraction of sp³-hybridized carbons (Fsp3) is 0.278. The third-order valence-electron chi connectivity index (χ3n) is 4.21. The van der Waals surface area contributed by atoms with Crippen LogP contribution in [0.1, 0.15) is 19.5 Å². The first-order valence-corrected chi connectivity index (χ1v) is 9.51. The predicted octanol–water partition coefficient (Wildman–Crippen LogP) is 2.59. The summed E-state index contributed by atoms with van der Waals surface area (Å²) < 4.78 is 27.2. The number of nitrogens with zero attached hydrogens (tertiary/aromatic N) is 1. The summed E-state index contributed by atoms with van der Waals surface area (Å²) in [6, 6.07) is 10.1. The summed E-state index contributed by atoms with van der Waals surface area (Å²) in [6.45, 7) is 5.14. The van der Waals surface area contributed by atoms with Crippen LogP contribution < -0.4 is 4.72 Å². The van der Waals surface area contributed by atoms with E-state index in [2.05, 4.69) is 14.7 Å². The van der Waals surface area contributed by atoms with Gasteiger partial charge in [-0.25, -0.2) is 18.1 Å². The van der Waals surface area contributed by atoms with E-state index in [0.717, 1.165) is 27.9 Å². The molecule has 0 spiro atoms. The summed E-state index contributed by atoms with van der Waals surface area (Å²) in [5.41, 5.74) is 3.72. The number of aliphatic hydroxyl groups is 1.